The van der Waals surface area contributed by atoms with Gasteiger partial charge < -0.3 is 20.8 Å². The summed E-state index contributed by atoms with van der Waals surface area (Å²) in [6, 6.07) is 13.7. The number of nitrogens with zero attached hydrogens (tertiary/aromatic N) is 3. The molecule has 0 radical (unpaired) electrons. The Morgan fingerprint density at radius 3 is 2.43 bits per heavy atom. The average Bonchev–Trinajstić information content (AvgIpc) is 3.20. The van der Waals surface area contributed by atoms with Crippen LogP contribution in [0.3, 0.4) is 0 Å². The number of alkyl halides is 3. The lowest BCUT2D eigenvalue weighted by Gasteiger charge is -2.16. The van der Waals surface area contributed by atoms with Crippen LogP contribution in [0, 0.1) is 0 Å². The number of nitrogen functional groups attached to an aromatic ring is 1. The van der Waals surface area contributed by atoms with Gasteiger partial charge in [-0.25, -0.2) is 9.97 Å². The first-order chi connectivity index (χ1) is 16.4. The van der Waals surface area contributed by atoms with Crippen molar-refractivity contribution < 1.29 is 17.9 Å². The van der Waals surface area contributed by atoms with Gasteiger partial charge in [-0.2, -0.15) is 18.2 Å². The molecular weight excluding hydrogens is 477 g/mol. The number of hydrogen-bond acceptors (Lipinski definition) is 7. The summed E-state index contributed by atoms with van der Waals surface area (Å²) < 4.78 is 44.6. The molecule has 2 aromatic heterocycles. The number of imidazole rings is 1. The summed E-state index contributed by atoms with van der Waals surface area (Å²) >= 11 is 1.49. The van der Waals surface area contributed by atoms with E-state index in [0.29, 0.717) is 34.2 Å². The lowest BCUT2D eigenvalue weighted by atomic mass is 10.2. The molecule has 4 rings (SSSR count). The lowest BCUT2D eigenvalue weighted by molar-refractivity contribution is -0.137. The van der Waals surface area contributed by atoms with Gasteiger partial charge in [0.25, 0.3) is 0 Å². The fraction of sp³-hybridized carbons (Fsp3) is 0.208. The minimum atomic E-state index is -4.42. The summed E-state index contributed by atoms with van der Waals surface area (Å²) in [5.74, 6) is 1.53. The van der Waals surface area contributed by atoms with E-state index in [-0.39, 0.29) is 10.4 Å². The Hall–Kier alpha value is -3.73. The van der Waals surface area contributed by atoms with Crippen LogP contribution in [0.5, 0.6) is 11.6 Å². The van der Waals surface area contributed by atoms with Crippen LogP contribution >= 0.6 is 11.8 Å². The maximum Gasteiger partial charge on any atom is 0.416 e. The molecule has 7 nitrogen and oxygen atoms in total. The number of rotatable bonds is 6. The van der Waals surface area contributed by atoms with Crippen molar-refractivity contribution in [3.63, 3.8) is 0 Å². The summed E-state index contributed by atoms with van der Waals surface area (Å²) in [7, 11) is 0. The number of aromatic nitrogens is 4. The van der Waals surface area contributed by atoms with Crippen LogP contribution < -0.4 is 15.8 Å². The van der Waals surface area contributed by atoms with E-state index >= 15 is 0 Å². The molecule has 0 atom stereocenters. The Kier molecular flexibility index (Phi) is 6.62. The number of benzene rings is 2. The topological polar surface area (TPSA) is 102 Å². The molecule has 4 aromatic rings. The van der Waals surface area contributed by atoms with Crippen molar-refractivity contribution in [2.75, 3.05) is 11.1 Å². The third-order valence-corrected chi connectivity index (χ3v) is 5.49. The van der Waals surface area contributed by atoms with Gasteiger partial charge in [0.1, 0.15) is 11.6 Å². The smallest absolute Gasteiger partial charge is 0.416 e. The fourth-order valence-electron chi connectivity index (χ4n) is 3.06. The van der Waals surface area contributed by atoms with Gasteiger partial charge in [-0.05, 0) is 48.0 Å². The SMILES string of the molecule is CC(C)(C)Sc1nc(N)cc(Oc2ccc(-c3cnc(Nc4cccc(C(F)(F)F)c4)[nH]3)cc2)n1. The van der Waals surface area contributed by atoms with Gasteiger partial charge in [-0.15, -0.1) is 0 Å². The van der Waals surface area contributed by atoms with Crippen molar-refractivity contribution >= 4 is 29.2 Å². The van der Waals surface area contributed by atoms with Crippen molar-refractivity contribution in [1.82, 2.24) is 19.9 Å². The number of hydrogen-bond donors (Lipinski definition) is 3. The second kappa shape index (κ2) is 9.49. The highest BCUT2D eigenvalue weighted by Gasteiger charge is 2.30. The van der Waals surface area contributed by atoms with Crippen LogP contribution in [0.2, 0.25) is 0 Å². The van der Waals surface area contributed by atoms with E-state index in [9.17, 15) is 13.2 Å². The normalized spacial score (nSPS) is 11.9. The molecule has 0 aliphatic heterocycles. The van der Waals surface area contributed by atoms with Gasteiger partial charge in [-0.3, -0.25) is 0 Å². The van der Waals surface area contributed by atoms with E-state index < -0.39 is 11.7 Å². The van der Waals surface area contributed by atoms with Gasteiger partial charge in [0.15, 0.2) is 5.16 Å². The van der Waals surface area contributed by atoms with Gasteiger partial charge >= 0.3 is 6.18 Å². The highest BCUT2D eigenvalue weighted by molar-refractivity contribution is 8.00. The number of H-pyrrole nitrogens is 1. The number of thioether (sulfide) groups is 1. The predicted octanol–water partition coefficient (Wildman–Crippen LogP) is 6.89. The molecule has 2 aromatic carbocycles. The summed E-state index contributed by atoms with van der Waals surface area (Å²) in [6.45, 7) is 6.17. The molecule has 0 aliphatic rings. The van der Waals surface area contributed by atoms with Crippen molar-refractivity contribution in [2.24, 2.45) is 0 Å². The molecule has 0 amide bonds. The van der Waals surface area contributed by atoms with Crippen LogP contribution in [0.15, 0.2) is 66.0 Å². The van der Waals surface area contributed by atoms with Gasteiger partial charge in [0, 0.05) is 16.5 Å². The van der Waals surface area contributed by atoms with E-state index in [4.69, 9.17) is 10.5 Å². The quantitative estimate of drug-likeness (QED) is 0.196. The maximum atomic E-state index is 12.9. The third-order valence-electron chi connectivity index (χ3n) is 4.52. The molecule has 0 saturated heterocycles. The fourth-order valence-corrected chi connectivity index (χ4v) is 3.89. The van der Waals surface area contributed by atoms with Gasteiger partial charge in [0.05, 0.1) is 17.5 Å². The lowest BCUT2D eigenvalue weighted by Crippen LogP contribution is -2.09. The highest BCUT2D eigenvalue weighted by Crippen LogP contribution is 2.33. The van der Waals surface area contributed by atoms with E-state index in [1.807, 2.05) is 12.1 Å². The van der Waals surface area contributed by atoms with Crippen molar-refractivity contribution in [3.8, 4) is 22.9 Å². The van der Waals surface area contributed by atoms with E-state index in [1.54, 1.807) is 24.4 Å². The molecule has 4 N–H and O–H groups in total. The van der Waals surface area contributed by atoms with Crippen LogP contribution in [0.25, 0.3) is 11.3 Å². The van der Waals surface area contributed by atoms with Crippen LogP contribution in [-0.2, 0) is 6.18 Å². The largest absolute Gasteiger partial charge is 0.439 e. The molecular formula is C24H23F3N6OS. The zero-order valence-electron chi connectivity index (χ0n) is 19.1. The third kappa shape index (κ3) is 6.66. The molecule has 11 heteroatoms. The first-order valence-corrected chi connectivity index (χ1v) is 11.4. The van der Waals surface area contributed by atoms with Gasteiger partial charge in [-0.1, -0.05) is 38.6 Å². The van der Waals surface area contributed by atoms with Crippen molar-refractivity contribution in [3.05, 3.63) is 66.4 Å². The number of nitrogens with two attached hydrogens (primary N) is 1. The average molecular weight is 501 g/mol. The number of aromatic amines is 1. The summed E-state index contributed by atoms with van der Waals surface area (Å²) in [5.41, 5.74) is 6.94. The second-order valence-corrected chi connectivity index (χ2v) is 10.4. The zero-order valence-corrected chi connectivity index (χ0v) is 20.0. The zero-order chi connectivity index (χ0) is 25.2. The maximum absolute atomic E-state index is 12.9. The van der Waals surface area contributed by atoms with E-state index in [1.165, 1.54) is 23.9 Å². The molecule has 35 heavy (non-hydrogen) atoms. The second-order valence-electron chi connectivity index (χ2n) is 8.60. The first kappa shape index (κ1) is 24.4. The summed E-state index contributed by atoms with van der Waals surface area (Å²) in [5, 5.41) is 3.39. The Bertz CT molecular complexity index is 1320. The molecule has 0 aliphatic carbocycles. The Morgan fingerprint density at radius 2 is 1.74 bits per heavy atom. The standard InChI is InChI=1S/C24H23F3N6OS/c1-23(2,3)35-22-32-19(28)12-20(33-22)34-17-9-7-14(8-10-17)18-13-29-21(31-18)30-16-6-4-5-15(11-16)24(25,26)27/h4-13H,1-3H3,(H2,28,32,33)(H2,29,30,31). The highest BCUT2D eigenvalue weighted by atomic mass is 32.2. The predicted molar refractivity (Wildman–Crippen MR) is 131 cm³/mol. The molecule has 0 bridgehead atoms. The summed E-state index contributed by atoms with van der Waals surface area (Å²) in [6.07, 6.45) is -2.83. The first-order valence-electron chi connectivity index (χ1n) is 10.6. The number of anilines is 3. The Morgan fingerprint density at radius 1 is 1.00 bits per heavy atom. The summed E-state index contributed by atoms with van der Waals surface area (Å²) in [4.78, 5) is 15.9. The van der Waals surface area contributed by atoms with Gasteiger partial charge in [0.2, 0.25) is 11.8 Å². The van der Waals surface area contributed by atoms with Crippen LogP contribution in [0.1, 0.15) is 26.3 Å². The van der Waals surface area contributed by atoms with Crippen LogP contribution in [0.4, 0.5) is 30.6 Å². The number of nitrogens with one attached hydrogen (secondary N) is 2. The number of halogens is 3. The van der Waals surface area contributed by atoms with E-state index in [0.717, 1.165) is 17.7 Å². The molecule has 182 valence electrons. The molecule has 0 saturated carbocycles. The van der Waals surface area contributed by atoms with Crippen molar-refractivity contribution in [2.45, 2.75) is 36.9 Å². The van der Waals surface area contributed by atoms with Crippen LogP contribution in [-0.4, -0.2) is 24.7 Å². The monoisotopic (exact) mass is 500 g/mol. The minimum Gasteiger partial charge on any atom is -0.439 e. The number of ether oxygens (including phenoxy) is 1. The van der Waals surface area contributed by atoms with Crippen molar-refractivity contribution in [1.29, 1.82) is 0 Å². The molecule has 0 spiro atoms. The Labute approximate surface area is 204 Å². The molecule has 0 fully saturated rings. The Balaban J connectivity index is 1.45. The molecule has 2 heterocycles. The molecule has 0 unspecified atom stereocenters. The minimum absolute atomic E-state index is 0.0777. The van der Waals surface area contributed by atoms with E-state index in [2.05, 4.69) is 46.0 Å².